The van der Waals surface area contributed by atoms with Gasteiger partial charge in [0.15, 0.2) is 0 Å². The van der Waals surface area contributed by atoms with Crippen molar-refractivity contribution in [2.24, 2.45) is 0 Å². The lowest BCUT2D eigenvalue weighted by Gasteiger charge is -2.26. The zero-order valence-electron chi connectivity index (χ0n) is 13.8. The van der Waals surface area contributed by atoms with Crippen LogP contribution in [-0.4, -0.2) is 42.1 Å². The van der Waals surface area contributed by atoms with Gasteiger partial charge in [0, 0.05) is 36.9 Å². The summed E-state index contributed by atoms with van der Waals surface area (Å²) in [7, 11) is 0. The van der Waals surface area contributed by atoms with Gasteiger partial charge in [-0.2, -0.15) is 0 Å². The second-order valence-corrected chi connectivity index (χ2v) is 6.30. The number of rotatable bonds is 5. The van der Waals surface area contributed by atoms with Crippen molar-refractivity contribution in [3.8, 4) is 0 Å². The molecular weight excluding hydrogens is 342 g/mol. The number of carbonyl (C=O) groups excluding carboxylic acids is 1. The molecule has 1 aliphatic heterocycles. The lowest BCUT2D eigenvalue weighted by atomic mass is 10.2. The average molecular weight is 362 g/mol. The summed E-state index contributed by atoms with van der Waals surface area (Å²) in [6.45, 7) is 3.98. The number of ether oxygens (including phenoxy) is 1. The maximum Gasteiger partial charge on any atom is 0.261 e. The van der Waals surface area contributed by atoms with Crippen LogP contribution in [0.1, 0.15) is 21.6 Å². The van der Waals surface area contributed by atoms with Gasteiger partial charge in [0.05, 0.1) is 13.2 Å². The van der Waals surface area contributed by atoms with Crippen LogP contribution in [0, 0.1) is 0 Å². The normalized spacial score (nSPS) is 15.1. The summed E-state index contributed by atoms with van der Waals surface area (Å²) in [4.78, 5) is 29.5. The monoisotopic (exact) mass is 361 g/mol. The second kappa shape index (κ2) is 8.29. The molecule has 2 N–H and O–H groups in total. The van der Waals surface area contributed by atoms with E-state index in [9.17, 15) is 9.59 Å². The summed E-state index contributed by atoms with van der Waals surface area (Å²) in [6.07, 6.45) is 0. The minimum atomic E-state index is -0.418. The second-order valence-electron chi connectivity index (χ2n) is 5.89. The molecule has 6 nitrogen and oxygen atoms in total. The molecule has 0 atom stereocenters. The highest BCUT2D eigenvalue weighted by Crippen LogP contribution is 2.14. The first-order valence-corrected chi connectivity index (χ1v) is 8.55. The van der Waals surface area contributed by atoms with Crippen molar-refractivity contribution in [1.82, 2.24) is 15.2 Å². The van der Waals surface area contributed by atoms with Crippen LogP contribution in [0.2, 0.25) is 5.02 Å². The van der Waals surface area contributed by atoms with Gasteiger partial charge in [-0.15, -0.1) is 0 Å². The van der Waals surface area contributed by atoms with E-state index in [0.717, 1.165) is 24.3 Å². The number of aromatic amines is 1. The molecule has 1 saturated heterocycles. The number of nitrogens with zero attached hydrogens (tertiary/aromatic N) is 1. The Kier molecular flexibility index (Phi) is 5.86. The molecule has 0 radical (unpaired) electrons. The Labute approximate surface area is 150 Å². The smallest absolute Gasteiger partial charge is 0.261 e. The summed E-state index contributed by atoms with van der Waals surface area (Å²) < 4.78 is 5.31. The number of hydrogen-bond acceptors (Lipinski definition) is 4. The highest BCUT2D eigenvalue weighted by molar-refractivity contribution is 6.31. The predicted octanol–water partition coefficient (Wildman–Crippen LogP) is 1.79. The van der Waals surface area contributed by atoms with Crippen molar-refractivity contribution in [2.45, 2.75) is 13.1 Å². The number of aromatic nitrogens is 1. The number of halogens is 1. The molecule has 1 fully saturated rings. The molecule has 25 heavy (non-hydrogen) atoms. The Hall–Kier alpha value is -2.15. The molecule has 1 aliphatic rings. The number of benzene rings is 1. The van der Waals surface area contributed by atoms with Gasteiger partial charge >= 0.3 is 0 Å². The fraction of sp³-hybridized carbons (Fsp3) is 0.333. The maximum absolute atomic E-state index is 12.3. The van der Waals surface area contributed by atoms with Crippen molar-refractivity contribution in [2.75, 3.05) is 26.3 Å². The predicted molar refractivity (Wildman–Crippen MR) is 95.8 cm³/mol. The minimum absolute atomic E-state index is 0.0952. The van der Waals surface area contributed by atoms with Crippen LogP contribution in [0.25, 0.3) is 0 Å². The molecule has 132 valence electrons. The van der Waals surface area contributed by atoms with Crippen molar-refractivity contribution >= 4 is 17.5 Å². The third-order valence-corrected chi connectivity index (χ3v) is 4.48. The Morgan fingerprint density at radius 1 is 1.20 bits per heavy atom. The van der Waals surface area contributed by atoms with E-state index in [1.807, 2.05) is 18.2 Å². The van der Waals surface area contributed by atoms with Crippen LogP contribution in [0.15, 0.2) is 41.2 Å². The standard InChI is InChI=1S/C18H20ClN3O3/c19-16-4-2-1-3-13(16)11-20-17(23)15-6-5-14(21-18(15)24)12-22-7-9-25-10-8-22/h1-6H,7-12H2,(H,20,23)(H,21,24). The van der Waals surface area contributed by atoms with Crippen LogP contribution in [0.3, 0.4) is 0 Å². The number of nitrogens with one attached hydrogen (secondary N) is 2. The van der Waals surface area contributed by atoms with E-state index in [1.165, 1.54) is 0 Å². The molecule has 0 aliphatic carbocycles. The molecule has 2 heterocycles. The molecule has 1 aromatic carbocycles. The van der Waals surface area contributed by atoms with Crippen LogP contribution in [0.5, 0.6) is 0 Å². The molecule has 7 heteroatoms. The zero-order chi connectivity index (χ0) is 17.6. The number of amides is 1. The van der Waals surface area contributed by atoms with Gasteiger partial charge in [0.2, 0.25) is 0 Å². The van der Waals surface area contributed by atoms with E-state index in [-0.39, 0.29) is 17.7 Å². The Morgan fingerprint density at radius 2 is 1.96 bits per heavy atom. The van der Waals surface area contributed by atoms with Gasteiger partial charge in [-0.3, -0.25) is 14.5 Å². The maximum atomic E-state index is 12.3. The van der Waals surface area contributed by atoms with E-state index in [2.05, 4.69) is 15.2 Å². The Bertz CT molecular complexity index is 800. The highest BCUT2D eigenvalue weighted by Gasteiger charge is 2.14. The van der Waals surface area contributed by atoms with Crippen molar-refractivity contribution < 1.29 is 9.53 Å². The summed E-state index contributed by atoms with van der Waals surface area (Å²) in [6, 6.07) is 10.6. The first-order valence-electron chi connectivity index (χ1n) is 8.17. The summed E-state index contributed by atoms with van der Waals surface area (Å²) in [5, 5.41) is 3.31. The zero-order valence-corrected chi connectivity index (χ0v) is 14.5. The van der Waals surface area contributed by atoms with E-state index < -0.39 is 5.91 Å². The fourth-order valence-corrected chi connectivity index (χ4v) is 2.90. The van der Waals surface area contributed by atoms with Gasteiger partial charge in [-0.25, -0.2) is 0 Å². The van der Waals surface area contributed by atoms with Crippen LogP contribution < -0.4 is 10.9 Å². The fourth-order valence-electron chi connectivity index (χ4n) is 2.70. The third-order valence-electron chi connectivity index (χ3n) is 4.11. The molecule has 0 unspecified atom stereocenters. The van der Waals surface area contributed by atoms with E-state index in [1.54, 1.807) is 18.2 Å². The number of hydrogen-bond donors (Lipinski definition) is 2. The van der Waals surface area contributed by atoms with Gasteiger partial charge in [0.25, 0.3) is 11.5 Å². The van der Waals surface area contributed by atoms with Crippen molar-refractivity contribution in [1.29, 1.82) is 0 Å². The number of carbonyl (C=O) groups is 1. The van der Waals surface area contributed by atoms with Crippen LogP contribution in [0.4, 0.5) is 0 Å². The number of H-pyrrole nitrogens is 1. The third kappa shape index (κ3) is 4.69. The van der Waals surface area contributed by atoms with E-state index in [4.69, 9.17) is 16.3 Å². The van der Waals surface area contributed by atoms with Gasteiger partial charge in [-0.1, -0.05) is 29.8 Å². The number of morpholine rings is 1. The van der Waals surface area contributed by atoms with Gasteiger partial charge in [0.1, 0.15) is 5.56 Å². The lowest BCUT2D eigenvalue weighted by Crippen LogP contribution is -2.36. The van der Waals surface area contributed by atoms with Crippen LogP contribution in [-0.2, 0) is 17.8 Å². The summed E-state index contributed by atoms with van der Waals surface area (Å²) >= 11 is 6.07. The van der Waals surface area contributed by atoms with Gasteiger partial charge < -0.3 is 15.0 Å². The molecule has 3 rings (SSSR count). The van der Waals surface area contributed by atoms with Crippen molar-refractivity contribution in [3.05, 3.63) is 68.6 Å². The first-order chi connectivity index (χ1) is 12.1. The number of pyridine rings is 1. The molecule has 2 aromatic rings. The molecular formula is C18H20ClN3O3. The minimum Gasteiger partial charge on any atom is -0.379 e. The first kappa shape index (κ1) is 17.7. The van der Waals surface area contributed by atoms with E-state index in [0.29, 0.717) is 24.8 Å². The molecule has 1 amide bonds. The van der Waals surface area contributed by atoms with Crippen LogP contribution >= 0.6 is 11.6 Å². The topological polar surface area (TPSA) is 74.4 Å². The average Bonchev–Trinajstić information content (AvgIpc) is 2.62. The van der Waals surface area contributed by atoms with Crippen molar-refractivity contribution in [3.63, 3.8) is 0 Å². The summed E-state index contributed by atoms with van der Waals surface area (Å²) in [5.74, 6) is -0.418. The molecule has 1 aromatic heterocycles. The quantitative estimate of drug-likeness (QED) is 0.851. The van der Waals surface area contributed by atoms with Gasteiger partial charge in [-0.05, 0) is 23.8 Å². The lowest BCUT2D eigenvalue weighted by molar-refractivity contribution is 0.0336. The molecule has 0 bridgehead atoms. The Morgan fingerprint density at radius 3 is 2.68 bits per heavy atom. The highest BCUT2D eigenvalue weighted by atomic mass is 35.5. The Balaban J connectivity index is 1.62. The molecule has 0 saturated carbocycles. The largest absolute Gasteiger partial charge is 0.379 e. The SMILES string of the molecule is O=C(NCc1ccccc1Cl)c1ccc(CN2CCOCC2)[nH]c1=O. The molecule has 0 spiro atoms. The summed E-state index contributed by atoms with van der Waals surface area (Å²) in [5.41, 5.74) is 1.30. The van der Waals surface area contributed by atoms with E-state index >= 15 is 0 Å².